The molecule has 0 radical (unpaired) electrons. The summed E-state index contributed by atoms with van der Waals surface area (Å²) in [6, 6.07) is 3.75. The molecule has 0 saturated carbocycles. The van der Waals surface area contributed by atoms with E-state index in [-0.39, 0.29) is 11.6 Å². The van der Waals surface area contributed by atoms with Gasteiger partial charge in [0.1, 0.15) is 5.56 Å². The Morgan fingerprint density at radius 3 is 2.74 bits per heavy atom. The maximum atomic E-state index is 11.7. The van der Waals surface area contributed by atoms with Gasteiger partial charge in [-0.15, -0.1) is 11.3 Å². The maximum Gasteiger partial charge on any atom is 0.328 e. The van der Waals surface area contributed by atoms with Crippen LogP contribution in [0.2, 0.25) is 0 Å². The van der Waals surface area contributed by atoms with Crippen molar-refractivity contribution in [1.82, 2.24) is 9.97 Å². The number of aromatic nitrogens is 2. The lowest BCUT2D eigenvalue weighted by Gasteiger charge is -2.07. The molecule has 1 atom stereocenters. The molecule has 0 aliphatic heterocycles. The fourth-order valence-corrected chi connectivity index (χ4v) is 2.48. The van der Waals surface area contributed by atoms with Crippen LogP contribution >= 0.6 is 11.3 Å². The van der Waals surface area contributed by atoms with Crippen molar-refractivity contribution >= 4 is 17.0 Å². The first-order valence-electron chi connectivity index (χ1n) is 5.62. The van der Waals surface area contributed by atoms with Gasteiger partial charge in [-0.05, 0) is 25.3 Å². The van der Waals surface area contributed by atoms with E-state index in [1.165, 1.54) is 0 Å². The minimum Gasteiger partial charge on any atom is -0.494 e. The van der Waals surface area contributed by atoms with Crippen molar-refractivity contribution in [3.8, 4) is 5.88 Å². The zero-order valence-corrected chi connectivity index (χ0v) is 11.2. The second-order valence-electron chi connectivity index (χ2n) is 4.04. The van der Waals surface area contributed by atoms with Crippen molar-refractivity contribution < 1.29 is 5.11 Å². The minimum absolute atomic E-state index is 0.0111. The third-order valence-electron chi connectivity index (χ3n) is 2.63. The molecule has 0 amide bonds. The van der Waals surface area contributed by atoms with Crippen LogP contribution < -0.4 is 11.2 Å². The summed E-state index contributed by atoms with van der Waals surface area (Å²) in [5, 5.41) is 11.6. The van der Waals surface area contributed by atoms with E-state index in [0.29, 0.717) is 5.71 Å². The summed E-state index contributed by atoms with van der Waals surface area (Å²) in [6.45, 7) is 3.51. The predicted molar refractivity (Wildman–Crippen MR) is 74.3 cm³/mol. The van der Waals surface area contributed by atoms with E-state index in [1.54, 1.807) is 18.3 Å². The van der Waals surface area contributed by atoms with Crippen molar-refractivity contribution in [3.63, 3.8) is 0 Å². The molecule has 6 nitrogen and oxygen atoms in total. The molecular weight excluding hydrogens is 266 g/mol. The summed E-state index contributed by atoms with van der Waals surface area (Å²) in [5.74, 6) is -0.464. The topological polar surface area (TPSA) is 98.3 Å². The van der Waals surface area contributed by atoms with Crippen molar-refractivity contribution in [3.05, 3.63) is 48.8 Å². The van der Waals surface area contributed by atoms with Gasteiger partial charge in [0.05, 0.1) is 11.8 Å². The van der Waals surface area contributed by atoms with Gasteiger partial charge < -0.3 is 5.11 Å². The highest BCUT2D eigenvalue weighted by Gasteiger charge is 2.13. The van der Waals surface area contributed by atoms with Crippen molar-refractivity contribution in [1.29, 1.82) is 0 Å². The van der Waals surface area contributed by atoms with Crippen LogP contribution in [0.5, 0.6) is 5.88 Å². The summed E-state index contributed by atoms with van der Waals surface area (Å²) in [7, 11) is 0. The molecule has 0 unspecified atom stereocenters. The number of aromatic hydroxyl groups is 1. The third-order valence-corrected chi connectivity index (χ3v) is 3.67. The van der Waals surface area contributed by atoms with Crippen LogP contribution in [0.25, 0.3) is 0 Å². The van der Waals surface area contributed by atoms with Crippen LogP contribution in [0.15, 0.2) is 32.1 Å². The molecule has 0 spiro atoms. The van der Waals surface area contributed by atoms with Crippen LogP contribution in [0.1, 0.15) is 30.3 Å². The highest BCUT2D eigenvalue weighted by atomic mass is 32.1. The first-order valence-corrected chi connectivity index (χ1v) is 6.50. The molecule has 2 rings (SSSR count). The molecule has 0 aliphatic rings. The molecule has 2 aromatic heterocycles. The van der Waals surface area contributed by atoms with Gasteiger partial charge in [-0.25, -0.2) is 4.79 Å². The zero-order valence-electron chi connectivity index (χ0n) is 10.4. The number of nitrogens with one attached hydrogen (secondary N) is 2. The summed E-state index contributed by atoms with van der Waals surface area (Å²) >= 11 is 1.57. The fraction of sp³-hybridized carbons (Fsp3) is 0.250. The van der Waals surface area contributed by atoms with E-state index in [9.17, 15) is 14.7 Å². The Morgan fingerprint density at radius 2 is 2.16 bits per heavy atom. The lowest BCUT2D eigenvalue weighted by molar-refractivity contribution is 0.447. The lowest BCUT2D eigenvalue weighted by atomic mass is 10.2. The largest absolute Gasteiger partial charge is 0.494 e. The number of thiophene rings is 1. The third kappa shape index (κ3) is 2.82. The molecule has 19 heavy (non-hydrogen) atoms. The van der Waals surface area contributed by atoms with E-state index >= 15 is 0 Å². The number of nitrogens with zero attached hydrogens (tertiary/aromatic N) is 1. The summed E-state index contributed by atoms with van der Waals surface area (Å²) in [6.07, 6.45) is 0. The van der Waals surface area contributed by atoms with Gasteiger partial charge in [0, 0.05) is 4.88 Å². The standard InChI is InChI=1S/C12H13N3O3S/c1-6(8-4-3-5-19-8)13-7(2)9-10(16)14-12(18)15-11(9)17/h3-6H,1-2H3,(H3,14,15,16,17,18)/t6-/m1/s1. The van der Waals surface area contributed by atoms with E-state index in [0.717, 1.165) is 4.88 Å². The number of hydrogen-bond donors (Lipinski definition) is 3. The molecule has 0 bridgehead atoms. The number of aliphatic imine (C=N–C) groups is 1. The Morgan fingerprint density at radius 1 is 1.42 bits per heavy atom. The Labute approximate surface area is 112 Å². The Hall–Kier alpha value is -2.15. The van der Waals surface area contributed by atoms with Crippen LogP contribution in [0.3, 0.4) is 0 Å². The normalized spacial score (nSPS) is 13.5. The first-order chi connectivity index (χ1) is 8.99. The molecule has 100 valence electrons. The van der Waals surface area contributed by atoms with Gasteiger partial charge >= 0.3 is 5.69 Å². The highest BCUT2D eigenvalue weighted by molar-refractivity contribution is 7.10. The number of hydrogen-bond acceptors (Lipinski definition) is 5. The van der Waals surface area contributed by atoms with E-state index < -0.39 is 17.1 Å². The Kier molecular flexibility index (Phi) is 3.66. The monoisotopic (exact) mass is 279 g/mol. The molecule has 2 aromatic rings. The van der Waals surface area contributed by atoms with E-state index in [4.69, 9.17) is 0 Å². The zero-order chi connectivity index (χ0) is 14.0. The Bertz CT molecular complexity index is 713. The SMILES string of the molecule is CC(=N[C@H](C)c1cccs1)c1c(O)[nH]c(=O)[nH]c1=O. The van der Waals surface area contributed by atoms with Crippen LogP contribution in [-0.2, 0) is 0 Å². The Balaban J connectivity index is 2.42. The van der Waals surface area contributed by atoms with Crippen molar-refractivity contribution in [2.75, 3.05) is 0 Å². The van der Waals surface area contributed by atoms with Gasteiger partial charge in [-0.2, -0.15) is 0 Å². The van der Waals surface area contributed by atoms with Gasteiger partial charge in [0.15, 0.2) is 0 Å². The molecule has 0 fully saturated rings. The molecule has 3 N–H and O–H groups in total. The number of H-pyrrole nitrogens is 2. The fourth-order valence-electron chi connectivity index (χ4n) is 1.76. The molecule has 0 aliphatic carbocycles. The maximum absolute atomic E-state index is 11.7. The average Bonchev–Trinajstić information content (AvgIpc) is 2.80. The van der Waals surface area contributed by atoms with E-state index in [2.05, 4.69) is 15.0 Å². The minimum atomic E-state index is -0.745. The second kappa shape index (κ2) is 5.23. The van der Waals surface area contributed by atoms with Gasteiger partial charge in [0.2, 0.25) is 5.88 Å². The van der Waals surface area contributed by atoms with Gasteiger partial charge in [0.25, 0.3) is 5.56 Å². The molecule has 7 heteroatoms. The van der Waals surface area contributed by atoms with Crippen LogP contribution in [0, 0.1) is 0 Å². The smallest absolute Gasteiger partial charge is 0.328 e. The number of rotatable bonds is 3. The molecule has 0 saturated heterocycles. The van der Waals surface area contributed by atoms with Crippen LogP contribution in [0.4, 0.5) is 0 Å². The van der Waals surface area contributed by atoms with Crippen molar-refractivity contribution in [2.24, 2.45) is 4.99 Å². The van der Waals surface area contributed by atoms with E-state index in [1.807, 2.05) is 24.4 Å². The molecule has 0 aromatic carbocycles. The summed E-state index contributed by atoms with van der Waals surface area (Å²) < 4.78 is 0. The first kappa shape index (κ1) is 13.3. The lowest BCUT2D eigenvalue weighted by Crippen LogP contribution is -2.27. The summed E-state index contributed by atoms with van der Waals surface area (Å²) in [5.41, 5.74) is -1.04. The molecular formula is C12H13N3O3S. The van der Waals surface area contributed by atoms with Crippen LogP contribution in [-0.4, -0.2) is 20.8 Å². The number of aromatic amines is 2. The highest BCUT2D eigenvalue weighted by Crippen LogP contribution is 2.22. The van der Waals surface area contributed by atoms with Gasteiger partial charge in [-0.3, -0.25) is 19.8 Å². The molecule has 2 heterocycles. The second-order valence-corrected chi connectivity index (χ2v) is 5.02. The quantitative estimate of drug-likeness (QED) is 0.741. The van der Waals surface area contributed by atoms with Gasteiger partial charge in [-0.1, -0.05) is 6.07 Å². The van der Waals surface area contributed by atoms with Crippen molar-refractivity contribution in [2.45, 2.75) is 19.9 Å². The average molecular weight is 279 g/mol. The summed E-state index contributed by atoms with van der Waals surface area (Å²) in [4.78, 5) is 32.3. The predicted octanol–water partition coefficient (Wildman–Crippen LogP) is 1.40.